The SMILES string of the molecule is Clc1ccc2c(cnn2Cc2ccccc2)n1. The number of halogens is 1. The summed E-state index contributed by atoms with van der Waals surface area (Å²) >= 11 is 5.84. The topological polar surface area (TPSA) is 30.7 Å². The number of hydrogen-bond donors (Lipinski definition) is 0. The summed E-state index contributed by atoms with van der Waals surface area (Å²) in [5.41, 5.74) is 3.04. The smallest absolute Gasteiger partial charge is 0.129 e. The van der Waals surface area contributed by atoms with Crippen molar-refractivity contribution < 1.29 is 0 Å². The summed E-state index contributed by atoms with van der Waals surface area (Å²) in [6.45, 7) is 0.744. The van der Waals surface area contributed by atoms with Crippen LogP contribution in [0, 0.1) is 0 Å². The van der Waals surface area contributed by atoms with E-state index in [1.165, 1.54) is 5.56 Å². The van der Waals surface area contributed by atoms with E-state index in [2.05, 4.69) is 22.2 Å². The Hall–Kier alpha value is -1.87. The Balaban J connectivity index is 2.01. The molecule has 0 N–H and O–H groups in total. The summed E-state index contributed by atoms with van der Waals surface area (Å²) in [5, 5.41) is 4.82. The Kier molecular flexibility index (Phi) is 2.53. The van der Waals surface area contributed by atoms with Crippen LogP contribution < -0.4 is 0 Å². The number of benzene rings is 1. The lowest BCUT2D eigenvalue weighted by Gasteiger charge is -2.03. The highest BCUT2D eigenvalue weighted by Gasteiger charge is 2.04. The molecular weight excluding hydrogens is 234 g/mol. The third-order valence-corrected chi connectivity index (χ3v) is 2.85. The molecule has 0 saturated carbocycles. The van der Waals surface area contributed by atoms with Gasteiger partial charge in [-0.3, -0.25) is 4.68 Å². The maximum Gasteiger partial charge on any atom is 0.129 e. The van der Waals surface area contributed by atoms with Gasteiger partial charge < -0.3 is 0 Å². The predicted molar refractivity (Wildman–Crippen MR) is 68.1 cm³/mol. The molecule has 2 aromatic heterocycles. The van der Waals surface area contributed by atoms with Crippen LogP contribution in [-0.4, -0.2) is 14.8 Å². The van der Waals surface area contributed by atoms with Crippen LogP contribution >= 0.6 is 11.6 Å². The van der Waals surface area contributed by atoms with Crippen LogP contribution in [0.5, 0.6) is 0 Å². The van der Waals surface area contributed by atoms with Gasteiger partial charge in [0.2, 0.25) is 0 Å². The summed E-state index contributed by atoms with van der Waals surface area (Å²) in [4.78, 5) is 4.22. The second kappa shape index (κ2) is 4.18. The average Bonchev–Trinajstić information content (AvgIpc) is 2.73. The number of rotatable bonds is 2. The van der Waals surface area contributed by atoms with Crippen LogP contribution in [0.4, 0.5) is 0 Å². The Labute approximate surface area is 104 Å². The van der Waals surface area contributed by atoms with Crippen LogP contribution in [0.3, 0.4) is 0 Å². The molecule has 0 saturated heterocycles. The van der Waals surface area contributed by atoms with Crippen molar-refractivity contribution in [1.82, 2.24) is 14.8 Å². The highest BCUT2D eigenvalue weighted by molar-refractivity contribution is 6.29. The van der Waals surface area contributed by atoms with Crippen molar-refractivity contribution in [3.63, 3.8) is 0 Å². The van der Waals surface area contributed by atoms with E-state index in [9.17, 15) is 0 Å². The standard InChI is InChI=1S/C13H10ClN3/c14-13-7-6-12-11(16-13)8-15-17(12)9-10-4-2-1-3-5-10/h1-8H,9H2. The largest absolute Gasteiger partial charge is 0.259 e. The first-order valence-corrected chi connectivity index (χ1v) is 5.73. The van der Waals surface area contributed by atoms with E-state index >= 15 is 0 Å². The lowest BCUT2D eigenvalue weighted by Crippen LogP contribution is -2.00. The highest BCUT2D eigenvalue weighted by Crippen LogP contribution is 2.16. The van der Waals surface area contributed by atoms with Crippen LogP contribution in [0.15, 0.2) is 48.7 Å². The van der Waals surface area contributed by atoms with E-state index in [1.54, 1.807) is 12.3 Å². The molecule has 0 spiro atoms. The van der Waals surface area contributed by atoms with Crippen molar-refractivity contribution in [2.45, 2.75) is 6.54 Å². The zero-order chi connectivity index (χ0) is 11.7. The van der Waals surface area contributed by atoms with Gasteiger partial charge in [0, 0.05) is 0 Å². The Bertz CT molecular complexity index is 646. The van der Waals surface area contributed by atoms with E-state index < -0.39 is 0 Å². The van der Waals surface area contributed by atoms with Crippen molar-refractivity contribution in [2.75, 3.05) is 0 Å². The molecule has 0 unspecified atom stereocenters. The first-order valence-electron chi connectivity index (χ1n) is 5.35. The summed E-state index contributed by atoms with van der Waals surface area (Å²) < 4.78 is 1.92. The van der Waals surface area contributed by atoms with Gasteiger partial charge in [0.25, 0.3) is 0 Å². The lowest BCUT2D eigenvalue weighted by molar-refractivity contribution is 0.712. The van der Waals surface area contributed by atoms with Crippen molar-refractivity contribution in [2.24, 2.45) is 0 Å². The van der Waals surface area contributed by atoms with Crippen molar-refractivity contribution in [3.05, 3.63) is 59.4 Å². The summed E-state index contributed by atoms with van der Waals surface area (Å²) in [6.07, 6.45) is 1.74. The van der Waals surface area contributed by atoms with Gasteiger partial charge >= 0.3 is 0 Å². The van der Waals surface area contributed by atoms with E-state index in [0.717, 1.165) is 17.6 Å². The summed E-state index contributed by atoms with van der Waals surface area (Å²) in [6, 6.07) is 13.9. The molecule has 0 radical (unpaired) electrons. The summed E-state index contributed by atoms with van der Waals surface area (Å²) in [5.74, 6) is 0. The molecule has 3 aromatic rings. The second-order valence-corrected chi connectivity index (χ2v) is 4.21. The minimum absolute atomic E-state index is 0.497. The molecule has 3 nitrogen and oxygen atoms in total. The molecule has 0 amide bonds. The van der Waals surface area contributed by atoms with Crippen LogP contribution in [0.25, 0.3) is 11.0 Å². The fourth-order valence-electron chi connectivity index (χ4n) is 1.82. The molecule has 0 fully saturated rings. The van der Waals surface area contributed by atoms with Gasteiger partial charge in [0.15, 0.2) is 0 Å². The van der Waals surface area contributed by atoms with E-state index in [0.29, 0.717) is 5.15 Å². The molecule has 0 bridgehead atoms. The van der Waals surface area contributed by atoms with Crippen molar-refractivity contribution >= 4 is 22.6 Å². The quantitative estimate of drug-likeness (QED) is 0.648. The maximum absolute atomic E-state index is 5.84. The zero-order valence-corrected chi connectivity index (χ0v) is 9.80. The van der Waals surface area contributed by atoms with Crippen molar-refractivity contribution in [3.8, 4) is 0 Å². The average molecular weight is 244 g/mol. The van der Waals surface area contributed by atoms with Gasteiger partial charge in [-0.25, -0.2) is 4.98 Å². The molecule has 17 heavy (non-hydrogen) atoms. The number of nitrogens with zero attached hydrogens (tertiary/aromatic N) is 3. The third kappa shape index (κ3) is 2.01. The molecule has 84 valence electrons. The van der Waals surface area contributed by atoms with Gasteiger partial charge in [-0.2, -0.15) is 5.10 Å². The fourth-order valence-corrected chi connectivity index (χ4v) is 1.98. The van der Waals surface area contributed by atoms with Crippen molar-refractivity contribution in [1.29, 1.82) is 0 Å². The maximum atomic E-state index is 5.84. The monoisotopic (exact) mass is 243 g/mol. The third-order valence-electron chi connectivity index (χ3n) is 2.64. The Morgan fingerprint density at radius 1 is 1.06 bits per heavy atom. The van der Waals surface area contributed by atoms with Crippen LogP contribution in [0.1, 0.15) is 5.56 Å². The number of pyridine rings is 1. The van der Waals surface area contributed by atoms with Gasteiger partial charge in [0.05, 0.1) is 18.3 Å². The van der Waals surface area contributed by atoms with E-state index in [4.69, 9.17) is 11.6 Å². The van der Waals surface area contributed by atoms with Gasteiger partial charge in [-0.1, -0.05) is 41.9 Å². The molecule has 0 aliphatic carbocycles. The molecule has 0 aliphatic rings. The zero-order valence-electron chi connectivity index (χ0n) is 9.05. The number of fused-ring (bicyclic) bond motifs is 1. The van der Waals surface area contributed by atoms with Crippen LogP contribution in [-0.2, 0) is 6.54 Å². The minimum Gasteiger partial charge on any atom is -0.259 e. The highest BCUT2D eigenvalue weighted by atomic mass is 35.5. The van der Waals surface area contributed by atoms with Gasteiger partial charge in [-0.05, 0) is 17.7 Å². The Morgan fingerprint density at radius 3 is 2.71 bits per heavy atom. The van der Waals surface area contributed by atoms with E-state index in [-0.39, 0.29) is 0 Å². The first-order chi connectivity index (χ1) is 8.33. The molecule has 1 aromatic carbocycles. The molecule has 4 heteroatoms. The number of hydrogen-bond acceptors (Lipinski definition) is 2. The molecular formula is C13H10ClN3. The minimum atomic E-state index is 0.497. The molecule has 3 rings (SSSR count). The van der Waals surface area contributed by atoms with Gasteiger partial charge in [0.1, 0.15) is 10.7 Å². The predicted octanol–water partition coefficient (Wildman–Crippen LogP) is 3.13. The number of aromatic nitrogens is 3. The molecule has 0 aliphatic heterocycles. The summed E-state index contributed by atoms with van der Waals surface area (Å²) in [7, 11) is 0. The fraction of sp³-hybridized carbons (Fsp3) is 0.0769. The molecule has 2 heterocycles. The Morgan fingerprint density at radius 2 is 1.88 bits per heavy atom. The van der Waals surface area contributed by atoms with Gasteiger partial charge in [-0.15, -0.1) is 0 Å². The molecule has 0 atom stereocenters. The first kappa shape index (κ1) is 10.3. The van der Waals surface area contributed by atoms with E-state index in [1.807, 2.05) is 28.9 Å². The van der Waals surface area contributed by atoms with Crippen LogP contribution in [0.2, 0.25) is 5.15 Å². The lowest BCUT2D eigenvalue weighted by atomic mass is 10.2. The second-order valence-electron chi connectivity index (χ2n) is 3.83. The normalized spacial score (nSPS) is 10.9.